The van der Waals surface area contributed by atoms with Gasteiger partial charge in [-0.2, -0.15) is 15.6 Å². The Kier molecular flexibility index (Phi) is 6.99. The van der Waals surface area contributed by atoms with E-state index in [1.807, 2.05) is 0 Å². The first-order valence-electron chi connectivity index (χ1n) is 6.26. The highest BCUT2D eigenvalue weighted by Crippen LogP contribution is 2.14. The molecule has 0 amide bonds. The van der Waals surface area contributed by atoms with Gasteiger partial charge in [0.25, 0.3) is 0 Å². The average molecular weight is 321 g/mol. The third-order valence-electron chi connectivity index (χ3n) is 2.49. The average Bonchev–Trinajstić information content (AvgIpc) is 2.53. The van der Waals surface area contributed by atoms with Gasteiger partial charge in [-0.05, 0) is 30.7 Å². The van der Waals surface area contributed by atoms with Crippen LogP contribution in [0.4, 0.5) is 5.69 Å². The first-order chi connectivity index (χ1) is 10.5. The maximum atomic E-state index is 12.0. The summed E-state index contributed by atoms with van der Waals surface area (Å²) < 4.78 is 31.3. The van der Waals surface area contributed by atoms with Gasteiger partial charge in [0.2, 0.25) is 15.7 Å². The number of ether oxygens (including phenoxy) is 1. The number of sulfonamides is 1. The molecular weight excluding hydrogens is 306 g/mol. The monoisotopic (exact) mass is 321 g/mol. The highest BCUT2D eigenvalue weighted by Gasteiger charge is 2.12. The fourth-order valence-corrected chi connectivity index (χ4v) is 2.48. The Balaban J connectivity index is 2.70. The molecule has 22 heavy (non-hydrogen) atoms. The van der Waals surface area contributed by atoms with Gasteiger partial charge in [-0.15, -0.1) is 0 Å². The van der Waals surface area contributed by atoms with Crippen molar-refractivity contribution in [3.05, 3.63) is 24.3 Å². The van der Waals surface area contributed by atoms with Crippen LogP contribution in [0.5, 0.6) is 0 Å². The van der Waals surface area contributed by atoms with Crippen LogP contribution in [0.15, 0.2) is 34.3 Å². The van der Waals surface area contributed by atoms with Gasteiger partial charge >= 0.3 is 0 Å². The van der Waals surface area contributed by atoms with E-state index >= 15 is 0 Å². The predicted molar refractivity (Wildman–Crippen MR) is 80.4 cm³/mol. The first kappa shape index (κ1) is 17.6. The molecule has 0 aliphatic carbocycles. The van der Waals surface area contributed by atoms with Gasteiger partial charge in [0, 0.05) is 20.3 Å². The largest absolute Gasteiger partial charge is 0.385 e. The quantitative estimate of drug-likeness (QED) is 0.414. The van der Waals surface area contributed by atoms with Crippen molar-refractivity contribution in [2.75, 3.05) is 25.7 Å². The van der Waals surface area contributed by atoms with Crippen molar-refractivity contribution < 1.29 is 13.2 Å². The number of nitrogens with one attached hydrogen (secondary N) is 2. The number of hydrogen-bond donors (Lipinski definition) is 2. The summed E-state index contributed by atoms with van der Waals surface area (Å²) in [6.45, 7) is 0.762. The van der Waals surface area contributed by atoms with Crippen LogP contribution in [0.3, 0.4) is 0 Å². The Morgan fingerprint density at radius 3 is 2.45 bits per heavy atom. The standard InChI is InChI=1S/C13H15N5O3S/c1-21-8-2-7-16-22(19,20)13-5-3-11(4-6-13)17-18-12(9-14)10-15/h3-6,16-17H,2,7-8H2,1H3. The van der Waals surface area contributed by atoms with Crippen molar-refractivity contribution in [3.8, 4) is 12.1 Å². The molecule has 0 radical (unpaired) electrons. The van der Waals surface area contributed by atoms with Gasteiger partial charge in [0.1, 0.15) is 12.1 Å². The summed E-state index contributed by atoms with van der Waals surface area (Å²) in [7, 11) is -2.02. The lowest BCUT2D eigenvalue weighted by atomic mass is 10.3. The molecule has 0 atom stereocenters. The summed E-state index contributed by atoms with van der Waals surface area (Å²) in [6, 6.07) is 8.97. The minimum Gasteiger partial charge on any atom is -0.385 e. The topological polar surface area (TPSA) is 127 Å². The van der Waals surface area contributed by atoms with Gasteiger partial charge in [-0.1, -0.05) is 0 Å². The lowest BCUT2D eigenvalue weighted by Gasteiger charge is -2.07. The van der Waals surface area contributed by atoms with Crippen molar-refractivity contribution in [1.82, 2.24) is 4.72 Å². The van der Waals surface area contributed by atoms with Gasteiger partial charge in [-0.3, -0.25) is 5.43 Å². The van der Waals surface area contributed by atoms with Gasteiger partial charge in [0.15, 0.2) is 0 Å². The highest BCUT2D eigenvalue weighted by molar-refractivity contribution is 7.89. The Hall–Kier alpha value is -2.46. The Labute approximate surface area is 129 Å². The minimum atomic E-state index is -3.57. The summed E-state index contributed by atoms with van der Waals surface area (Å²) in [5, 5.41) is 20.6. The molecule has 0 aromatic heterocycles. The van der Waals surface area contributed by atoms with Gasteiger partial charge < -0.3 is 4.74 Å². The molecule has 116 valence electrons. The number of nitrogens with zero attached hydrogens (tertiary/aromatic N) is 3. The molecule has 0 saturated heterocycles. The molecule has 0 aliphatic heterocycles. The van der Waals surface area contributed by atoms with E-state index in [4.69, 9.17) is 15.3 Å². The number of nitriles is 2. The summed E-state index contributed by atoms with van der Waals surface area (Å²) >= 11 is 0. The van der Waals surface area contributed by atoms with E-state index < -0.39 is 10.0 Å². The SMILES string of the molecule is COCCCNS(=O)(=O)c1ccc(NN=C(C#N)C#N)cc1. The van der Waals surface area contributed by atoms with E-state index in [1.54, 1.807) is 19.2 Å². The number of benzene rings is 1. The van der Waals surface area contributed by atoms with Gasteiger partial charge in [-0.25, -0.2) is 13.1 Å². The van der Waals surface area contributed by atoms with Crippen molar-refractivity contribution in [1.29, 1.82) is 10.5 Å². The molecule has 1 aromatic rings. The van der Waals surface area contributed by atoms with Crippen LogP contribution >= 0.6 is 0 Å². The summed E-state index contributed by atoms with van der Waals surface area (Å²) in [4.78, 5) is 0.111. The Morgan fingerprint density at radius 1 is 1.27 bits per heavy atom. The van der Waals surface area contributed by atoms with Crippen molar-refractivity contribution >= 4 is 21.4 Å². The number of hydrazone groups is 1. The van der Waals surface area contributed by atoms with Crippen molar-refractivity contribution in [3.63, 3.8) is 0 Å². The lowest BCUT2D eigenvalue weighted by Crippen LogP contribution is -2.25. The third-order valence-corrected chi connectivity index (χ3v) is 3.97. The molecule has 0 spiro atoms. The summed E-state index contributed by atoms with van der Waals surface area (Å²) in [5.41, 5.74) is 2.63. The van der Waals surface area contributed by atoms with E-state index in [0.717, 1.165) is 0 Å². The van der Waals surface area contributed by atoms with Crippen molar-refractivity contribution in [2.24, 2.45) is 5.10 Å². The predicted octanol–water partition coefficient (Wildman–Crippen LogP) is 0.816. The lowest BCUT2D eigenvalue weighted by molar-refractivity contribution is 0.196. The van der Waals surface area contributed by atoms with Crippen LogP contribution < -0.4 is 10.1 Å². The molecule has 0 aliphatic rings. The smallest absolute Gasteiger partial charge is 0.240 e. The fraction of sp³-hybridized carbons (Fsp3) is 0.308. The first-order valence-corrected chi connectivity index (χ1v) is 7.74. The van der Waals surface area contributed by atoms with Crippen LogP contribution in [0.25, 0.3) is 0 Å². The van der Waals surface area contributed by atoms with E-state index in [0.29, 0.717) is 18.7 Å². The second-order valence-electron chi connectivity index (χ2n) is 4.06. The molecule has 2 N–H and O–H groups in total. The molecule has 0 unspecified atom stereocenters. The van der Waals surface area contributed by atoms with E-state index in [2.05, 4.69) is 15.2 Å². The maximum Gasteiger partial charge on any atom is 0.240 e. The minimum absolute atomic E-state index is 0.111. The zero-order valence-corrected chi connectivity index (χ0v) is 12.7. The van der Waals surface area contributed by atoms with Gasteiger partial charge in [0.05, 0.1) is 10.6 Å². The molecule has 0 heterocycles. The zero-order valence-electron chi connectivity index (χ0n) is 11.9. The third kappa shape index (κ3) is 5.50. The molecule has 0 fully saturated rings. The second-order valence-corrected chi connectivity index (χ2v) is 5.83. The van der Waals surface area contributed by atoms with E-state index in [-0.39, 0.29) is 17.2 Å². The molecule has 1 aromatic carbocycles. The maximum absolute atomic E-state index is 12.0. The molecule has 0 bridgehead atoms. The molecule has 0 saturated carbocycles. The van der Waals surface area contributed by atoms with E-state index in [9.17, 15) is 8.42 Å². The van der Waals surface area contributed by atoms with Crippen LogP contribution in [-0.4, -0.2) is 34.4 Å². The number of anilines is 1. The summed E-state index contributed by atoms with van der Waals surface area (Å²) in [5.74, 6) is 0. The Bertz CT molecular complexity index is 683. The molecule has 1 rings (SSSR count). The molecule has 9 heteroatoms. The zero-order chi connectivity index (χ0) is 16.4. The van der Waals surface area contributed by atoms with Crippen molar-refractivity contribution in [2.45, 2.75) is 11.3 Å². The molecule has 8 nitrogen and oxygen atoms in total. The normalized spacial score (nSPS) is 10.3. The summed E-state index contributed by atoms with van der Waals surface area (Å²) in [6.07, 6.45) is 0.579. The van der Waals surface area contributed by atoms with E-state index in [1.165, 1.54) is 24.3 Å². The van der Waals surface area contributed by atoms with Crippen LogP contribution in [-0.2, 0) is 14.8 Å². The van der Waals surface area contributed by atoms with Crippen LogP contribution in [0, 0.1) is 22.7 Å². The van der Waals surface area contributed by atoms with Crippen LogP contribution in [0.2, 0.25) is 0 Å². The second kappa shape index (κ2) is 8.74. The fourth-order valence-electron chi connectivity index (χ4n) is 1.41. The number of hydrogen-bond acceptors (Lipinski definition) is 7. The Morgan fingerprint density at radius 2 is 1.91 bits per heavy atom. The number of rotatable bonds is 8. The highest BCUT2D eigenvalue weighted by atomic mass is 32.2. The molecular formula is C13H15N5O3S. The number of methoxy groups -OCH3 is 1. The van der Waals surface area contributed by atoms with Crippen LogP contribution in [0.1, 0.15) is 6.42 Å².